The summed E-state index contributed by atoms with van der Waals surface area (Å²) in [6, 6.07) is 40.4. The van der Waals surface area contributed by atoms with Crippen molar-refractivity contribution in [3.63, 3.8) is 0 Å². The Hall–Kier alpha value is -4.24. The predicted octanol–water partition coefficient (Wildman–Crippen LogP) is 10.1. The molecular formula is C42H45N3Si3. The molecule has 0 aliphatic heterocycles. The summed E-state index contributed by atoms with van der Waals surface area (Å²) < 4.78 is 0. The highest BCUT2D eigenvalue weighted by atomic mass is 28.3. The molecule has 0 unspecified atom stereocenters. The van der Waals surface area contributed by atoms with E-state index in [1.165, 1.54) is 15.6 Å². The summed E-state index contributed by atoms with van der Waals surface area (Å²) in [6.07, 6.45) is 0. The first kappa shape index (κ1) is 32.3. The van der Waals surface area contributed by atoms with Gasteiger partial charge in [-0.15, -0.1) is 0 Å². The van der Waals surface area contributed by atoms with Crippen molar-refractivity contribution in [1.82, 2.24) is 15.0 Å². The lowest BCUT2D eigenvalue weighted by Crippen LogP contribution is -2.37. The third-order valence-corrected chi connectivity index (χ3v) is 15.5. The molecule has 48 heavy (non-hydrogen) atoms. The fourth-order valence-electron chi connectivity index (χ4n) is 6.34. The van der Waals surface area contributed by atoms with Gasteiger partial charge in [0.05, 0.1) is 57.3 Å². The highest BCUT2D eigenvalue weighted by molar-refractivity contribution is 6.89. The van der Waals surface area contributed by atoms with Crippen LogP contribution in [0.2, 0.25) is 58.9 Å². The maximum absolute atomic E-state index is 5.34. The van der Waals surface area contributed by atoms with Crippen LogP contribution in [0.15, 0.2) is 109 Å². The van der Waals surface area contributed by atoms with Crippen LogP contribution < -0.4 is 15.6 Å². The van der Waals surface area contributed by atoms with E-state index in [4.69, 9.17) is 15.0 Å². The van der Waals surface area contributed by atoms with Gasteiger partial charge in [-0.05, 0) is 54.6 Å². The van der Waals surface area contributed by atoms with Crippen LogP contribution in [0.3, 0.4) is 0 Å². The van der Waals surface area contributed by atoms with Gasteiger partial charge >= 0.3 is 0 Å². The number of hydrogen-bond donors (Lipinski definition) is 0. The first-order valence-corrected chi connectivity index (χ1v) is 27.5. The van der Waals surface area contributed by atoms with Crippen molar-refractivity contribution in [3.05, 3.63) is 109 Å². The minimum absolute atomic E-state index is 0.985. The highest BCUT2D eigenvalue weighted by Crippen LogP contribution is 2.24. The molecule has 4 heterocycles. The molecule has 0 aliphatic rings. The molecule has 7 rings (SSSR count). The Morgan fingerprint density at radius 3 is 0.646 bits per heavy atom. The summed E-state index contributed by atoms with van der Waals surface area (Å²) >= 11 is 0. The van der Waals surface area contributed by atoms with Crippen LogP contribution in [-0.2, 0) is 0 Å². The quantitative estimate of drug-likeness (QED) is 0.175. The maximum Gasteiger partial charge on any atom is 0.0776 e. The van der Waals surface area contributed by atoms with Gasteiger partial charge in [-0.2, -0.15) is 0 Å². The van der Waals surface area contributed by atoms with Gasteiger partial charge in [0.1, 0.15) is 0 Å². The van der Waals surface area contributed by atoms with Crippen LogP contribution in [0.25, 0.3) is 65.4 Å². The molecule has 0 spiro atoms. The zero-order chi connectivity index (χ0) is 34.0. The number of aromatic nitrogens is 3. The van der Waals surface area contributed by atoms with Gasteiger partial charge in [0.25, 0.3) is 0 Å². The minimum Gasteiger partial charge on any atom is -0.248 e. The van der Waals surface area contributed by atoms with E-state index in [1.807, 2.05) is 0 Å². The smallest absolute Gasteiger partial charge is 0.0776 e. The Kier molecular flexibility index (Phi) is 7.89. The fourth-order valence-corrected chi connectivity index (χ4v) is 9.87. The van der Waals surface area contributed by atoms with E-state index in [2.05, 4.69) is 168 Å². The summed E-state index contributed by atoms with van der Waals surface area (Å²) in [6.45, 7) is 21.7. The average molecular weight is 676 g/mol. The molecule has 0 saturated heterocycles. The molecule has 0 N–H and O–H groups in total. The molecule has 3 nitrogen and oxygen atoms in total. The Morgan fingerprint density at radius 1 is 0.292 bits per heavy atom. The van der Waals surface area contributed by atoms with E-state index in [1.54, 1.807) is 0 Å². The van der Waals surface area contributed by atoms with Crippen molar-refractivity contribution in [2.75, 3.05) is 0 Å². The fraction of sp³-hybridized carbons (Fsp3) is 0.214. The van der Waals surface area contributed by atoms with Gasteiger partial charge in [-0.1, -0.05) is 129 Å². The first-order chi connectivity index (χ1) is 22.6. The number of nitrogens with zero attached hydrogens (tertiary/aromatic N) is 3. The number of benzene rings is 3. The van der Waals surface area contributed by atoms with Gasteiger partial charge < -0.3 is 0 Å². The van der Waals surface area contributed by atoms with Gasteiger partial charge in [-0.25, -0.2) is 15.0 Å². The Morgan fingerprint density at radius 2 is 0.479 bits per heavy atom. The van der Waals surface area contributed by atoms with Crippen molar-refractivity contribution >= 4 is 105 Å². The largest absolute Gasteiger partial charge is 0.248 e. The normalized spacial score (nSPS) is 12.7. The predicted molar refractivity (Wildman–Crippen MR) is 220 cm³/mol. The second-order valence-corrected chi connectivity index (χ2v) is 31.6. The SMILES string of the molecule is C[Si](C)(C)c1cc2cc(c1)c1cccc(n1)c1cc([Si](C)(C)C)cc(c1)c1cccc(n1)c1cc([Si](C)(C)C)cc(c1)c1cccc2n1. The van der Waals surface area contributed by atoms with Crippen LogP contribution in [-0.4, -0.2) is 39.2 Å². The summed E-state index contributed by atoms with van der Waals surface area (Å²) in [4.78, 5) is 16.0. The summed E-state index contributed by atoms with van der Waals surface area (Å²) in [5.74, 6) is 0. The lowest BCUT2D eigenvalue weighted by Gasteiger charge is -2.18. The molecular weight excluding hydrogens is 631 g/mol. The maximum atomic E-state index is 5.34. The van der Waals surface area contributed by atoms with Crippen LogP contribution in [0.4, 0.5) is 0 Å². The zero-order valence-corrected chi connectivity index (χ0v) is 32.7. The molecule has 0 aliphatic carbocycles. The number of rotatable bonds is 3. The number of hydrogen-bond acceptors (Lipinski definition) is 3. The van der Waals surface area contributed by atoms with Crippen LogP contribution >= 0.6 is 0 Å². The molecule has 6 heteroatoms. The van der Waals surface area contributed by atoms with E-state index in [9.17, 15) is 0 Å². The van der Waals surface area contributed by atoms with Crippen molar-refractivity contribution in [2.24, 2.45) is 0 Å². The molecule has 0 radical (unpaired) electrons. The zero-order valence-electron chi connectivity index (χ0n) is 29.7. The van der Waals surface area contributed by atoms with Crippen molar-refractivity contribution in [3.8, 4) is 0 Å². The third-order valence-electron chi connectivity index (χ3n) is 9.42. The lowest BCUT2D eigenvalue weighted by atomic mass is 10.1. The molecule has 0 fully saturated rings. The van der Waals surface area contributed by atoms with E-state index >= 15 is 0 Å². The van der Waals surface area contributed by atoms with E-state index in [0.29, 0.717) is 0 Å². The highest BCUT2D eigenvalue weighted by Gasteiger charge is 2.20. The van der Waals surface area contributed by atoms with E-state index < -0.39 is 24.2 Å². The minimum atomic E-state index is -1.67. The van der Waals surface area contributed by atoms with E-state index in [0.717, 1.165) is 65.4 Å². The first-order valence-electron chi connectivity index (χ1n) is 17.0. The Labute approximate surface area is 287 Å². The Bertz CT molecular complexity index is 2110. The summed E-state index contributed by atoms with van der Waals surface area (Å²) in [5, 5.41) is 11.0. The van der Waals surface area contributed by atoms with Gasteiger partial charge in [0, 0.05) is 32.3 Å². The third kappa shape index (κ3) is 6.44. The molecule has 240 valence electrons. The van der Waals surface area contributed by atoms with E-state index in [-0.39, 0.29) is 0 Å². The average Bonchev–Trinajstić information content (AvgIpc) is 3.06. The second kappa shape index (κ2) is 11.7. The van der Waals surface area contributed by atoms with Gasteiger partial charge in [-0.3, -0.25) is 0 Å². The molecule has 0 atom stereocenters. The molecule has 7 aromatic rings. The van der Waals surface area contributed by atoms with Crippen LogP contribution in [0, 0.1) is 0 Å². The second-order valence-electron chi connectivity index (χ2n) is 16.4. The molecule has 0 saturated carbocycles. The molecule has 12 bridgehead atoms. The standard InChI is InChI=1S/C42H45N3Si3/c1-46(2,3)34-22-28-19-29(23-34)38-14-11-16-40(44-38)31-21-33(27-36(25-31)48(7,8)9)42-18-12-17-41(45-42)32-20-30(24-35(26-32)47(4,5)6)39-15-10-13-37(28)43-39/h10-27H,1-9H3. The molecule has 3 aromatic carbocycles. The van der Waals surface area contributed by atoms with Crippen molar-refractivity contribution in [2.45, 2.75) is 58.9 Å². The summed E-state index contributed by atoms with van der Waals surface area (Å²) in [7, 11) is -5.01. The summed E-state index contributed by atoms with van der Waals surface area (Å²) in [5.41, 5.74) is 5.91. The monoisotopic (exact) mass is 675 g/mol. The molecule has 0 amide bonds. The van der Waals surface area contributed by atoms with Gasteiger partial charge in [0.15, 0.2) is 0 Å². The van der Waals surface area contributed by atoms with Crippen molar-refractivity contribution in [1.29, 1.82) is 0 Å². The van der Waals surface area contributed by atoms with Crippen molar-refractivity contribution < 1.29 is 0 Å². The lowest BCUT2D eigenvalue weighted by molar-refractivity contribution is 1.49. The Balaban J connectivity index is 1.76. The van der Waals surface area contributed by atoms with Crippen LogP contribution in [0.1, 0.15) is 0 Å². The topological polar surface area (TPSA) is 38.7 Å². The van der Waals surface area contributed by atoms with Gasteiger partial charge in [0.2, 0.25) is 0 Å². The molecule has 4 aromatic heterocycles. The van der Waals surface area contributed by atoms with Crippen LogP contribution in [0.5, 0.6) is 0 Å². The number of fused-ring (bicyclic) bond motifs is 18. The number of pyridine rings is 3.